The average Bonchev–Trinajstić information content (AvgIpc) is 2.11. The number of hydrogen-bond donors (Lipinski definition) is 1. The zero-order chi connectivity index (χ0) is 10.4. The average molecular weight is 205 g/mol. The van der Waals surface area contributed by atoms with Gasteiger partial charge in [-0.3, -0.25) is 4.79 Å². The van der Waals surface area contributed by atoms with Gasteiger partial charge in [0.25, 0.3) is 0 Å². The van der Waals surface area contributed by atoms with E-state index in [0.717, 1.165) is 6.42 Å². The second-order valence-corrected chi connectivity index (χ2v) is 5.24. The van der Waals surface area contributed by atoms with Crippen LogP contribution in [0.15, 0.2) is 0 Å². The lowest BCUT2D eigenvalue weighted by Crippen LogP contribution is -2.45. The van der Waals surface area contributed by atoms with E-state index < -0.39 is 0 Å². The van der Waals surface area contributed by atoms with Crippen LogP contribution in [-0.2, 0) is 4.79 Å². The molecular formula is C9H17ClN2O. The van der Waals surface area contributed by atoms with Crippen molar-refractivity contribution >= 4 is 17.7 Å². The number of carbonyl (C=O) groups excluding carboxylic acids is 1. The van der Waals surface area contributed by atoms with E-state index in [1.807, 2.05) is 27.7 Å². The molecule has 1 heterocycles. The summed E-state index contributed by atoms with van der Waals surface area (Å²) in [6.45, 7) is 7.93. The smallest absolute Gasteiger partial charge is 0.222 e. The molecule has 0 radical (unpaired) electrons. The molecule has 1 unspecified atom stereocenters. The summed E-state index contributed by atoms with van der Waals surface area (Å²) >= 11 is 6.16. The van der Waals surface area contributed by atoms with Gasteiger partial charge in [0.05, 0.1) is 5.92 Å². The Bertz CT molecular complexity index is 238. The Labute approximate surface area is 84.3 Å². The van der Waals surface area contributed by atoms with Crippen molar-refractivity contribution in [1.82, 2.24) is 4.42 Å². The minimum Gasteiger partial charge on any atom is -0.369 e. The predicted octanol–water partition coefficient (Wildman–Crippen LogP) is 1.50. The topological polar surface area (TPSA) is 46.3 Å². The summed E-state index contributed by atoms with van der Waals surface area (Å²) in [5.74, 6) is -0.429. The highest BCUT2D eigenvalue weighted by molar-refractivity contribution is 6.14. The molecule has 1 saturated heterocycles. The van der Waals surface area contributed by atoms with Crippen LogP contribution in [-0.4, -0.2) is 21.4 Å². The van der Waals surface area contributed by atoms with Gasteiger partial charge in [0.2, 0.25) is 5.91 Å². The fourth-order valence-corrected chi connectivity index (χ4v) is 2.38. The molecule has 0 aromatic carbocycles. The molecule has 0 bridgehead atoms. The first-order chi connectivity index (χ1) is 5.69. The minimum absolute atomic E-state index is 0.162. The molecule has 1 rings (SSSR count). The molecule has 1 fully saturated rings. The molecule has 4 heteroatoms. The second-order valence-electron chi connectivity index (χ2n) is 4.91. The molecule has 0 aliphatic carbocycles. The Kier molecular flexibility index (Phi) is 2.37. The first-order valence-electron chi connectivity index (χ1n) is 4.45. The number of primary amides is 1. The molecular weight excluding hydrogens is 188 g/mol. The van der Waals surface area contributed by atoms with E-state index in [-0.39, 0.29) is 22.9 Å². The number of rotatable bonds is 1. The third-order valence-electron chi connectivity index (χ3n) is 2.94. The van der Waals surface area contributed by atoms with E-state index in [9.17, 15) is 4.79 Å². The first-order valence-corrected chi connectivity index (χ1v) is 4.79. The summed E-state index contributed by atoms with van der Waals surface area (Å²) in [5.41, 5.74) is 4.82. The second kappa shape index (κ2) is 2.85. The predicted molar refractivity (Wildman–Crippen MR) is 53.2 cm³/mol. The van der Waals surface area contributed by atoms with E-state index in [0.29, 0.717) is 0 Å². The highest BCUT2D eigenvalue weighted by Gasteiger charge is 2.53. The maximum absolute atomic E-state index is 11.2. The molecule has 13 heavy (non-hydrogen) atoms. The van der Waals surface area contributed by atoms with Gasteiger partial charge in [-0.25, -0.2) is 4.42 Å². The van der Waals surface area contributed by atoms with Crippen LogP contribution in [0.1, 0.15) is 34.1 Å². The van der Waals surface area contributed by atoms with Crippen LogP contribution < -0.4 is 5.73 Å². The van der Waals surface area contributed by atoms with E-state index >= 15 is 0 Å². The van der Waals surface area contributed by atoms with Gasteiger partial charge in [-0.2, -0.15) is 0 Å². The van der Waals surface area contributed by atoms with Crippen LogP contribution in [0.4, 0.5) is 0 Å². The summed E-state index contributed by atoms with van der Waals surface area (Å²) in [5, 5.41) is 0. The van der Waals surface area contributed by atoms with Gasteiger partial charge in [-0.15, -0.1) is 0 Å². The first kappa shape index (κ1) is 10.8. The van der Waals surface area contributed by atoms with Crippen molar-refractivity contribution in [3.8, 4) is 0 Å². The van der Waals surface area contributed by atoms with Crippen LogP contribution in [0.2, 0.25) is 0 Å². The van der Waals surface area contributed by atoms with E-state index in [2.05, 4.69) is 0 Å². The summed E-state index contributed by atoms with van der Waals surface area (Å²) in [6.07, 6.45) is 0.721. The normalized spacial score (nSPS) is 31.9. The largest absolute Gasteiger partial charge is 0.369 e. The number of hydrogen-bond acceptors (Lipinski definition) is 2. The van der Waals surface area contributed by atoms with Crippen LogP contribution in [0.3, 0.4) is 0 Å². The van der Waals surface area contributed by atoms with Gasteiger partial charge in [0.15, 0.2) is 0 Å². The molecule has 76 valence electrons. The molecule has 1 amide bonds. The standard InChI is InChI=1S/C9H17ClN2O/c1-8(2)5-6(7(11)13)9(3,4)12(8)10/h6H,5H2,1-4H3,(H2,11,13). The Morgan fingerprint density at radius 1 is 1.46 bits per heavy atom. The van der Waals surface area contributed by atoms with E-state index in [4.69, 9.17) is 17.5 Å². The van der Waals surface area contributed by atoms with Crippen molar-refractivity contribution < 1.29 is 4.79 Å². The third kappa shape index (κ3) is 1.55. The van der Waals surface area contributed by atoms with E-state index in [1.165, 1.54) is 0 Å². The summed E-state index contributed by atoms with van der Waals surface area (Å²) in [4.78, 5) is 11.2. The van der Waals surface area contributed by atoms with Crippen LogP contribution in [0, 0.1) is 5.92 Å². The lowest BCUT2D eigenvalue weighted by molar-refractivity contribution is -0.123. The SMILES string of the molecule is CC1(C)CC(C(N)=O)C(C)(C)N1Cl. The minimum atomic E-state index is -0.350. The van der Waals surface area contributed by atoms with Crippen molar-refractivity contribution in [2.75, 3.05) is 0 Å². The van der Waals surface area contributed by atoms with Crippen molar-refractivity contribution in [1.29, 1.82) is 0 Å². The highest BCUT2D eigenvalue weighted by atomic mass is 35.5. The monoisotopic (exact) mass is 204 g/mol. The number of halogens is 1. The molecule has 1 aliphatic rings. The molecule has 2 N–H and O–H groups in total. The lowest BCUT2D eigenvalue weighted by atomic mass is 9.87. The number of amides is 1. The van der Waals surface area contributed by atoms with Crippen molar-refractivity contribution in [3.63, 3.8) is 0 Å². The maximum atomic E-state index is 11.2. The van der Waals surface area contributed by atoms with Gasteiger partial charge in [-0.05, 0) is 45.9 Å². The zero-order valence-corrected chi connectivity index (χ0v) is 9.35. The quantitative estimate of drug-likeness (QED) is 0.659. The zero-order valence-electron chi connectivity index (χ0n) is 8.60. The molecule has 3 nitrogen and oxygen atoms in total. The molecule has 0 aromatic rings. The van der Waals surface area contributed by atoms with Crippen molar-refractivity contribution in [2.45, 2.75) is 45.2 Å². The number of nitrogens with two attached hydrogens (primary N) is 1. The lowest BCUT2D eigenvalue weighted by Gasteiger charge is -2.34. The molecule has 0 saturated carbocycles. The summed E-state index contributed by atoms with van der Waals surface area (Å²) in [7, 11) is 0. The Balaban J connectivity index is 3.00. The molecule has 1 atom stereocenters. The van der Waals surface area contributed by atoms with Crippen molar-refractivity contribution in [3.05, 3.63) is 0 Å². The van der Waals surface area contributed by atoms with Crippen molar-refractivity contribution in [2.24, 2.45) is 11.7 Å². The van der Waals surface area contributed by atoms with Crippen LogP contribution in [0.25, 0.3) is 0 Å². The molecule has 0 aromatic heterocycles. The Hall–Kier alpha value is -0.280. The highest BCUT2D eigenvalue weighted by Crippen LogP contribution is 2.45. The number of nitrogens with zero attached hydrogens (tertiary/aromatic N) is 1. The number of carbonyl (C=O) groups is 1. The Morgan fingerprint density at radius 3 is 2.08 bits per heavy atom. The van der Waals surface area contributed by atoms with Gasteiger partial charge < -0.3 is 5.73 Å². The fourth-order valence-electron chi connectivity index (χ4n) is 2.20. The van der Waals surface area contributed by atoms with Crippen LogP contribution in [0.5, 0.6) is 0 Å². The molecule has 0 spiro atoms. The maximum Gasteiger partial charge on any atom is 0.222 e. The van der Waals surface area contributed by atoms with Gasteiger partial charge in [-0.1, -0.05) is 0 Å². The fraction of sp³-hybridized carbons (Fsp3) is 0.889. The van der Waals surface area contributed by atoms with Gasteiger partial charge in [0, 0.05) is 11.1 Å². The summed E-state index contributed by atoms with van der Waals surface area (Å²) in [6, 6.07) is 0. The van der Waals surface area contributed by atoms with Crippen LogP contribution >= 0.6 is 11.8 Å². The van der Waals surface area contributed by atoms with Gasteiger partial charge >= 0.3 is 0 Å². The van der Waals surface area contributed by atoms with E-state index in [1.54, 1.807) is 4.42 Å². The third-order valence-corrected chi connectivity index (χ3v) is 3.83. The Morgan fingerprint density at radius 2 is 1.92 bits per heavy atom. The summed E-state index contributed by atoms with van der Waals surface area (Å²) < 4.78 is 1.72. The van der Waals surface area contributed by atoms with Gasteiger partial charge in [0.1, 0.15) is 0 Å². The molecule has 1 aliphatic heterocycles.